The normalized spacial score (nSPS) is 12.7. The van der Waals surface area contributed by atoms with Crippen LogP contribution in [0.5, 0.6) is 0 Å². The number of sulfonamides is 1. The van der Waals surface area contributed by atoms with E-state index in [1.165, 1.54) is 30.3 Å². The van der Waals surface area contributed by atoms with Crippen LogP contribution in [0.25, 0.3) is 0 Å². The molecule has 0 saturated heterocycles. The van der Waals surface area contributed by atoms with Crippen molar-refractivity contribution in [1.82, 2.24) is 0 Å². The Kier molecular flexibility index (Phi) is 4.84. The van der Waals surface area contributed by atoms with Crippen LogP contribution in [0.1, 0.15) is 0 Å². The summed E-state index contributed by atoms with van der Waals surface area (Å²) in [6, 6.07) is 11.8. The van der Waals surface area contributed by atoms with Crippen LogP contribution in [-0.2, 0) is 21.3 Å². The molecule has 0 aliphatic rings. The van der Waals surface area contributed by atoms with E-state index in [0.29, 0.717) is 0 Å². The van der Waals surface area contributed by atoms with Gasteiger partial charge in [0.05, 0.1) is 16.3 Å². The molecule has 0 aliphatic carbocycles. The summed E-state index contributed by atoms with van der Waals surface area (Å²) in [6.07, 6.45) is 0. The van der Waals surface area contributed by atoms with E-state index < -0.39 is 21.3 Å². The highest BCUT2D eigenvalue weighted by molar-refractivity contribution is 7.92. The van der Waals surface area contributed by atoms with Gasteiger partial charge in [-0.1, -0.05) is 29.8 Å². The van der Waals surface area contributed by atoms with Crippen molar-refractivity contribution in [2.45, 2.75) is 4.90 Å². The average Bonchev–Trinajstić information content (AvgIpc) is 2.42. The third kappa shape index (κ3) is 4.18. The Morgan fingerprint density at radius 1 is 1.05 bits per heavy atom. The number of rotatable bonds is 5. The second-order valence-electron chi connectivity index (χ2n) is 3.95. The molecule has 1 atom stereocenters. The minimum absolute atomic E-state index is 0.0374. The molecule has 1 unspecified atom stereocenters. The zero-order chi connectivity index (χ0) is 15.5. The first-order valence-corrected chi connectivity index (χ1v) is 8.55. The maximum atomic E-state index is 12.2. The van der Waals surface area contributed by atoms with Crippen molar-refractivity contribution in [3.8, 4) is 0 Å². The smallest absolute Gasteiger partial charge is 0.261 e. The molecule has 2 rings (SSSR count). The van der Waals surface area contributed by atoms with E-state index in [-0.39, 0.29) is 21.3 Å². The second-order valence-corrected chi connectivity index (χ2v) is 6.74. The molecule has 2 aromatic carbocycles. The van der Waals surface area contributed by atoms with Crippen molar-refractivity contribution in [2.75, 3.05) is 9.44 Å². The van der Waals surface area contributed by atoms with E-state index in [4.69, 9.17) is 11.6 Å². The van der Waals surface area contributed by atoms with Crippen LogP contribution in [-0.4, -0.2) is 17.2 Å². The Morgan fingerprint density at radius 2 is 1.71 bits per heavy atom. The van der Waals surface area contributed by atoms with Gasteiger partial charge in [0.1, 0.15) is 0 Å². The SMILES string of the molecule is O=S([O-])Nc1cc(Cl)ccc1NS(=O)(=O)c1ccccc1. The maximum absolute atomic E-state index is 12.2. The molecule has 2 aromatic rings. The van der Waals surface area contributed by atoms with Crippen molar-refractivity contribution in [2.24, 2.45) is 0 Å². The lowest BCUT2D eigenvalue weighted by Crippen LogP contribution is -2.15. The molecular weight excluding hydrogens is 336 g/mol. The highest BCUT2D eigenvalue weighted by atomic mass is 35.5. The molecule has 0 saturated carbocycles. The maximum Gasteiger partial charge on any atom is 0.261 e. The lowest BCUT2D eigenvalue weighted by atomic mass is 10.3. The quantitative estimate of drug-likeness (QED) is 0.812. The molecule has 2 N–H and O–H groups in total. The van der Waals surface area contributed by atoms with Crippen LogP contribution in [0.15, 0.2) is 53.4 Å². The van der Waals surface area contributed by atoms with Crippen molar-refractivity contribution >= 4 is 44.3 Å². The molecule has 0 spiro atoms. The molecule has 0 radical (unpaired) electrons. The van der Waals surface area contributed by atoms with E-state index >= 15 is 0 Å². The third-order valence-electron chi connectivity index (χ3n) is 2.47. The molecule has 0 aromatic heterocycles. The second kappa shape index (κ2) is 6.44. The molecule has 0 bridgehead atoms. The van der Waals surface area contributed by atoms with Crippen LogP contribution in [0.3, 0.4) is 0 Å². The van der Waals surface area contributed by atoms with Crippen LogP contribution in [0.2, 0.25) is 5.02 Å². The molecule has 6 nitrogen and oxygen atoms in total. The van der Waals surface area contributed by atoms with Gasteiger partial charge < -0.3 is 9.27 Å². The number of nitrogens with one attached hydrogen (secondary N) is 2. The fourth-order valence-corrected chi connectivity index (χ4v) is 3.20. The minimum atomic E-state index is -3.82. The van der Waals surface area contributed by atoms with E-state index in [2.05, 4.69) is 9.44 Å². The van der Waals surface area contributed by atoms with Crippen LogP contribution < -0.4 is 9.44 Å². The van der Waals surface area contributed by atoms with Gasteiger partial charge in [0.15, 0.2) is 0 Å². The standard InChI is InChI=1S/C12H11ClN2O4S2/c13-9-6-7-11(12(8-9)14-20(16)17)15-21(18,19)10-4-2-1-3-5-10/h1-8,14-15H,(H,16,17)/p-1. The van der Waals surface area contributed by atoms with Gasteiger partial charge in [0, 0.05) is 16.3 Å². The summed E-state index contributed by atoms with van der Waals surface area (Å²) < 4.78 is 50.3. The highest BCUT2D eigenvalue weighted by Gasteiger charge is 2.15. The van der Waals surface area contributed by atoms with E-state index in [0.717, 1.165) is 0 Å². The van der Waals surface area contributed by atoms with Gasteiger partial charge in [-0.15, -0.1) is 0 Å². The molecule has 0 amide bonds. The van der Waals surface area contributed by atoms with Crippen LogP contribution >= 0.6 is 11.6 Å². The van der Waals surface area contributed by atoms with Gasteiger partial charge in [-0.2, -0.15) is 0 Å². The number of hydrogen-bond donors (Lipinski definition) is 2. The van der Waals surface area contributed by atoms with Crippen molar-refractivity contribution < 1.29 is 17.2 Å². The van der Waals surface area contributed by atoms with Crippen LogP contribution in [0.4, 0.5) is 11.4 Å². The van der Waals surface area contributed by atoms with Gasteiger partial charge in [0.25, 0.3) is 10.0 Å². The van der Waals surface area contributed by atoms with E-state index in [1.807, 2.05) is 0 Å². The summed E-state index contributed by atoms with van der Waals surface area (Å²) in [6.45, 7) is 0. The number of hydrogen-bond acceptors (Lipinski definition) is 4. The lowest BCUT2D eigenvalue weighted by molar-refractivity contribution is 0.542. The average molecular weight is 346 g/mol. The fourth-order valence-electron chi connectivity index (χ4n) is 1.58. The third-order valence-corrected chi connectivity index (χ3v) is 4.48. The number of halogens is 1. The molecule has 9 heteroatoms. The first-order valence-electron chi connectivity index (χ1n) is 5.62. The Hall–Kier alpha value is -1.61. The van der Waals surface area contributed by atoms with E-state index in [9.17, 15) is 17.2 Å². The molecule has 0 heterocycles. The Labute approximate surface area is 129 Å². The van der Waals surface area contributed by atoms with Gasteiger partial charge in [-0.25, -0.2) is 8.42 Å². The molecule has 112 valence electrons. The summed E-state index contributed by atoms with van der Waals surface area (Å²) in [5.41, 5.74) is 0.114. The minimum Gasteiger partial charge on any atom is -0.755 e. The lowest BCUT2D eigenvalue weighted by Gasteiger charge is -2.15. The van der Waals surface area contributed by atoms with Gasteiger partial charge in [-0.05, 0) is 30.3 Å². The Morgan fingerprint density at radius 3 is 2.33 bits per heavy atom. The predicted molar refractivity (Wildman–Crippen MR) is 81.2 cm³/mol. The predicted octanol–water partition coefficient (Wildman–Crippen LogP) is 2.35. The van der Waals surface area contributed by atoms with Crippen molar-refractivity contribution in [1.29, 1.82) is 0 Å². The Balaban J connectivity index is 2.37. The van der Waals surface area contributed by atoms with Crippen molar-refractivity contribution in [3.05, 3.63) is 53.6 Å². The Bertz CT molecular complexity index is 766. The summed E-state index contributed by atoms with van der Waals surface area (Å²) in [4.78, 5) is 0.0640. The summed E-state index contributed by atoms with van der Waals surface area (Å²) in [5.74, 6) is 0. The molecule has 21 heavy (non-hydrogen) atoms. The molecule has 0 aliphatic heterocycles. The van der Waals surface area contributed by atoms with E-state index in [1.54, 1.807) is 18.2 Å². The fraction of sp³-hybridized carbons (Fsp3) is 0. The van der Waals surface area contributed by atoms with Gasteiger partial charge in [0.2, 0.25) is 0 Å². The zero-order valence-electron chi connectivity index (χ0n) is 10.4. The topological polar surface area (TPSA) is 98.3 Å². The van der Waals surface area contributed by atoms with Gasteiger partial charge >= 0.3 is 0 Å². The molecule has 0 fully saturated rings. The number of anilines is 2. The van der Waals surface area contributed by atoms with Crippen LogP contribution in [0, 0.1) is 0 Å². The van der Waals surface area contributed by atoms with Gasteiger partial charge in [-0.3, -0.25) is 8.93 Å². The summed E-state index contributed by atoms with van der Waals surface area (Å²) in [5, 5.41) is 0.269. The summed E-state index contributed by atoms with van der Waals surface area (Å²) >= 11 is 3.17. The molecular formula is C12H10ClN2O4S2-. The first-order chi connectivity index (χ1) is 9.88. The monoisotopic (exact) mass is 345 g/mol. The number of benzene rings is 2. The zero-order valence-corrected chi connectivity index (χ0v) is 12.8. The first kappa shape index (κ1) is 15.8. The highest BCUT2D eigenvalue weighted by Crippen LogP contribution is 2.28. The van der Waals surface area contributed by atoms with Crippen molar-refractivity contribution in [3.63, 3.8) is 0 Å². The largest absolute Gasteiger partial charge is 0.755 e. The summed E-state index contributed by atoms with van der Waals surface area (Å²) in [7, 11) is -3.82.